The average molecular weight is 315 g/mol. The lowest BCUT2D eigenvalue weighted by Crippen LogP contribution is -2.28. The summed E-state index contributed by atoms with van der Waals surface area (Å²) in [6.07, 6.45) is 0. The second kappa shape index (κ2) is 7.37. The number of hydrogen-bond acceptors (Lipinski definition) is 4. The van der Waals surface area contributed by atoms with Crippen molar-refractivity contribution in [2.45, 2.75) is 20.1 Å². The molecule has 0 radical (unpaired) electrons. The van der Waals surface area contributed by atoms with Crippen LogP contribution in [0.5, 0.6) is 0 Å². The molecule has 0 unspecified atom stereocenters. The highest BCUT2D eigenvalue weighted by Crippen LogP contribution is 2.24. The predicted molar refractivity (Wildman–Crippen MR) is 86.1 cm³/mol. The molecule has 0 heterocycles. The zero-order valence-corrected chi connectivity index (χ0v) is 12.6. The number of urea groups is 1. The van der Waals surface area contributed by atoms with Gasteiger partial charge in [0.2, 0.25) is 0 Å². The molecule has 2 aromatic carbocycles. The van der Waals surface area contributed by atoms with Crippen molar-refractivity contribution in [3.63, 3.8) is 0 Å². The van der Waals surface area contributed by atoms with Crippen molar-refractivity contribution in [2.75, 3.05) is 5.32 Å². The third-order valence-corrected chi connectivity index (χ3v) is 3.48. The largest absolute Gasteiger partial charge is 0.392 e. The number of nitrogens with one attached hydrogen (secondary N) is 2. The fourth-order valence-electron chi connectivity index (χ4n) is 2.18. The van der Waals surface area contributed by atoms with Crippen LogP contribution in [0.25, 0.3) is 0 Å². The summed E-state index contributed by atoms with van der Waals surface area (Å²) in [5.74, 6) is 0. The van der Waals surface area contributed by atoms with Crippen molar-refractivity contribution >= 4 is 17.4 Å². The molecule has 7 heteroatoms. The van der Waals surface area contributed by atoms with Gasteiger partial charge in [0, 0.05) is 12.6 Å². The molecule has 2 amide bonds. The topological polar surface area (TPSA) is 104 Å². The SMILES string of the molecule is Cc1c(NC(=O)NCc2ccccc2CO)cccc1[N+](=O)[O-]. The molecular weight excluding hydrogens is 298 g/mol. The first-order valence-electron chi connectivity index (χ1n) is 6.99. The molecule has 23 heavy (non-hydrogen) atoms. The predicted octanol–water partition coefficient (Wildman–Crippen LogP) is 2.72. The van der Waals surface area contributed by atoms with Crippen molar-refractivity contribution in [3.05, 3.63) is 69.3 Å². The summed E-state index contributed by atoms with van der Waals surface area (Å²) in [6.45, 7) is 1.72. The van der Waals surface area contributed by atoms with E-state index in [4.69, 9.17) is 0 Å². The van der Waals surface area contributed by atoms with Crippen molar-refractivity contribution in [1.29, 1.82) is 0 Å². The Bertz CT molecular complexity index is 731. The lowest BCUT2D eigenvalue weighted by molar-refractivity contribution is -0.385. The van der Waals surface area contributed by atoms with E-state index in [-0.39, 0.29) is 18.8 Å². The summed E-state index contributed by atoms with van der Waals surface area (Å²) in [6, 6.07) is 11.2. The van der Waals surface area contributed by atoms with Crippen LogP contribution in [-0.2, 0) is 13.2 Å². The number of nitro benzene ring substituents is 1. The van der Waals surface area contributed by atoms with Gasteiger partial charge in [-0.25, -0.2) is 4.79 Å². The molecule has 2 rings (SSSR count). The standard InChI is InChI=1S/C16H17N3O4/c1-11-14(7-4-8-15(11)19(22)23)18-16(21)17-9-12-5-2-3-6-13(12)10-20/h2-8,20H,9-10H2,1H3,(H2,17,18,21). The smallest absolute Gasteiger partial charge is 0.319 e. The molecule has 0 spiro atoms. The first kappa shape index (κ1) is 16.4. The van der Waals surface area contributed by atoms with Crippen molar-refractivity contribution in [2.24, 2.45) is 0 Å². The Morgan fingerprint density at radius 1 is 1.17 bits per heavy atom. The lowest BCUT2D eigenvalue weighted by Gasteiger charge is -2.11. The monoisotopic (exact) mass is 315 g/mol. The number of benzene rings is 2. The third-order valence-electron chi connectivity index (χ3n) is 3.48. The molecular formula is C16H17N3O4. The summed E-state index contributed by atoms with van der Waals surface area (Å²) >= 11 is 0. The fourth-order valence-corrected chi connectivity index (χ4v) is 2.18. The van der Waals surface area contributed by atoms with Crippen LogP contribution in [-0.4, -0.2) is 16.1 Å². The molecule has 0 aromatic heterocycles. The van der Waals surface area contributed by atoms with E-state index in [0.717, 1.165) is 11.1 Å². The Hall–Kier alpha value is -2.93. The van der Waals surface area contributed by atoms with Crippen LogP contribution < -0.4 is 10.6 Å². The minimum atomic E-state index is -0.490. The van der Waals surface area contributed by atoms with Crippen LogP contribution in [0.3, 0.4) is 0 Å². The van der Waals surface area contributed by atoms with Crippen LogP contribution in [0, 0.1) is 17.0 Å². The average Bonchev–Trinajstić information content (AvgIpc) is 2.54. The van der Waals surface area contributed by atoms with Crippen LogP contribution in [0.4, 0.5) is 16.2 Å². The van der Waals surface area contributed by atoms with Gasteiger partial charge in [0.15, 0.2) is 0 Å². The van der Waals surface area contributed by atoms with Gasteiger partial charge in [0.05, 0.1) is 22.8 Å². The Labute approximate surface area is 133 Å². The zero-order chi connectivity index (χ0) is 16.8. The van der Waals surface area contributed by atoms with Gasteiger partial charge in [-0.15, -0.1) is 0 Å². The fraction of sp³-hybridized carbons (Fsp3) is 0.188. The molecule has 0 fully saturated rings. The van der Waals surface area contributed by atoms with Gasteiger partial charge in [-0.2, -0.15) is 0 Å². The Morgan fingerprint density at radius 2 is 1.87 bits per heavy atom. The molecule has 7 nitrogen and oxygen atoms in total. The van der Waals surface area contributed by atoms with Gasteiger partial charge in [0.25, 0.3) is 5.69 Å². The molecule has 120 valence electrons. The summed E-state index contributed by atoms with van der Waals surface area (Å²) in [5.41, 5.74) is 2.27. The number of anilines is 1. The van der Waals surface area contributed by atoms with Crippen molar-refractivity contribution in [1.82, 2.24) is 5.32 Å². The second-order valence-electron chi connectivity index (χ2n) is 4.94. The maximum Gasteiger partial charge on any atom is 0.319 e. The Kier molecular flexibility index (Phi) is 5.27. The van der Waals surface area contributed by atoms with Crippen LogP contribution in [0.15, 0.2) is 42.5 Å². The minimum Gasteiger partial charge on any atom is -0.392 e. The Morgan fingerprint density at radius 3 is 2.52 bits per heavy atom. The first-order valence-corrected chi connectivity index (χ1v) is 6.99. The van der Waals surface area contributed by atoms with Gasteiger partial charge < -0.3 is 15.7 Å². The number of aliphatic hydroxyl groups is 1. The van der Waals surface area contributed by atoms with Gasteiger partial charge >= 0.3 is 6.03 Å². The second-order valence-corrected chi connectivity index (χ2v) is 4.94. The molecule has 0 saturated heterocycles. The van der Waals surface area contributed by atoms with E-state index in [9.17, 15) is 20.0 Å². The number of carbonyl (C=O) groups excluding carboxylic acids is 1. The van der Waals surface area contributed by atoms with Crippen molar-refractivity contribution < 1.29 is 14.8 Å². The summed E-state index contributed by atoms with van der Waals surface area (Å²) in [4.78, 5) is 22.4. The summed E-state index contributed by atoms with van der Waals surface area (Å²) in [7, 11) is 0. The van der Waals surface area contributed by atoms with E-state index in [1.807, 2.05) is 18.2 Å². The van der Waals surface area contributed by atoms with E-state index in [1.165, 1.54) is 12.1 Å². The van der Waals surface area contributed by atoms with E-state index in [2.05, 4.69) is 10.6 Å². The van der Waals surface area contributed by atoms with E-state index < -0.39 is 11.0 Å². The molecule has 0 atom stereocenters. The van der Waals surface area contributed by atoms with E-state index >= 15 is 0 Å². The molecule has 0 saturated carbocycles. The maximum absolute atomic E-state index is 12.0. The molecule has 2 aromatic rings. The number of hydrogen-bond donors (Lipinski definition) is 3. The molecule has 0 aliphatic heterocycles. The van der Waals surface area contributed by atoms with Crippen LogP contribution in [0.2, 0.25) is 0 Å². The van der Waals surface area contributed by atoms with Crippen molar-refractivity contribution in [3.8, 4) is 0 Å². The van der Waals surface area contributed by atoms with Gasteiger partial charge in [0.1, 0.15) is 0 Å². The lowest BCUT2D eigenvalue weighted by atomic mass is 10.1. The highest BCUT2D eigenvalue weighted by molar-refractivity contribution is 5.90. The molecule has 0 aliphatic carbocycles. The number of nitrogens with zero attached hydrogens (tertiary/aromatic N) is 1. The number of carbonyl (C=O) groups is 1. The maximum atomic E-state index is 12.0. The number of aliphatic hydroxyl groups excluding tert-OH is 1. The number of rotatable bonds is 5. The normalized spacial score (nSPS) is 10.2. The summed E-state index contributed by atoms with van der Waals surface area (Å²) < 4.78 is 0. The van der Waals surface area contributed by atoms with Gasteiger partial charge in [-0.1, -0.05) is 30.3 Å². The third kappa shape index (κ3) is 4.04. The van der Waals surface area contributed by atoms with E-state index in [1.54, 1.807) is 19.1 Å². The number of nitro groups is 1. The zero-order valence-electron chi connectivity index (χ0n) is 12.6. The number of amides is 2. The van der Waals surface area contributed by atoms with Crippen LogP contribution >= 0.6 is 0 Å². The van der Waals surface area contributed by atoms with Gasteiger partial charge in [-0.3, -0.25) is 10.1 Å². The highest BCUT2D eigenvalue weighted by Gasteiger charge is 2.14. The van der Waals surface area contributed by atoms with Crippen LogP contribution in [0.1, 0.15) is 16.7 Å². The first-order chi connectivity index (χ1) is 11.0. The highest BCUT2D eigenvalue weighted by atomic mass is 16.6. The minimum absolute atomic E-state index is 0.0478. The van der Waals surface area contributed by atoms with E-state index in [0.29, 0.717) is 11.3 Å². The summed E-state index contributed by atoms with van der Waals surface area (Å²) in [5, 5.41) is 25.4. The molecule has 3 N–H and O–H groups in total. The molecule has 0 bridgehead atoms. The quantitative estimate of drug-likeness (QED) is 0.583. The molecule has 0 aliphatic rings. The van der Waals surface area contributed by atoms with Gasteiger partial charge in [-0.05, 0) is 24.1 Å². The Balaban J connectivity index is 2.03.